The Morgan fingerprint density at radius 2 is 1.86 bits per heavy atom. The van der Waals surface area contributed by atoms with E-state index in [9.17, 15) is 19.5 Å². The van der Waals surface area contributed by atoms with E-state index in [1.807, 2.05) is 0 Å². The first kappa shape index (κ1) is 26.0. The molecule has 0 spiro atoms. The number of ether oxygens (including phenoxy) is 1. The smallest absolute Gasteiger partial charge is 0.350 e. The average Bonchev–Trinajstić information content (AvgIpc) is 3.44. The lowest BCUT2D eigenvalue weighted by Gasteiger charge is -2.25. The predicted molar refractivity (Wildman–Crippen MR) is 140 cm³/mol. The largest absolute Gasteiger partial charge is 0.503 e. The van der Waals surface area contributed by atoms with Gasteiger partial charge in [0.15, 0.2) is 10.9 Å². The maximum absolute atomic E-state index is 13.7. The standard InChI is InChI=1S/C24H19Cl2N3O5S2/c1-5-8-34-23(33)21-11(3)28-24(36-21)29-17(14-7-6-13(25)9-15(14)26)16(19(31)22(29)32)18(30)20-10(2)27-12(4)35-20/h5-7,9,17,31H,1,8H2,2-4H3. The highest BCUT2D eigenvalue weighted by atomic mass is 35.5. The summed E-state index contributed by atoms with van der Waals surface area (Å²) in [6.45, 7) is 8.56. The number of nitrogens with zero attached hydrogens (tertiary/aromatic N) is 3. The zero-order chi connectivity index (χ0) is 26.3. The van der Waals surface area contributed by atoms with E-state index in [1.54, 1.807) is 32.9 Å². The fourth-order valence-electron chi connectivity index (χ4n) is 3.79. The normalized spacial score (nSPS) is 15.5. The summed E-state index contributed by atoms with van der Waals surface area (Å²) in [4.78, 5) is 49.9. The summed E-state index contributed by atoms with van der Waals surface area (Å²) in [6.07, 6.45) is 1.43. The molecule has 1 N–H and O–H groups in total. The number of benzene rings is 1. The number of halogens is 2. The molecule has 1 aromatic carbocycles. The van der Waals surface area contributed by atoms with E-state index in [0.717, 1.165) is 27.6 Å². The maximum atomic E-state index is 13.7. The van der Waals surface area contributed by atoms with Crippen molar-refractivity contribution in [1.82, 2.24) is 9.97 Å². The van der Waals surface area contributed by atoms with E-state index >= 15 is 0 Å². The van der Waals surface area contributed by atoms with E-state index < -0.39 is 29.5 Å². The van der Waals surface area contributed by atoms with Crippen LogP contribution in [0.3, 0.4) is 0 Å². The first-order chi connectivity index (χ1) is 17.0. The van der Waals surface area contributed by atoms with Gasteiger partial charge in [-0.1, -0.05) is 53.3 Å². The monoisotopic (exact) mass is 563 g/mol. The molecular formula is C24H19Cl2N3O5S2. The summed E-state index contributed by atoms with van der Waals surface area (Å²) in [7, 11) is 0. The first-order valence-corrected chi connectivity index (χ1v) is 12.9. The van der Waals surface area contributed by atoms with E-state index in [1.165, 1.54) is 12.1 Å². The Bertz CT molecular complexity index is 1460. The molecule has 0 aliphatic carbocycles. The van der Waals surface area contributed by atoms with Gasteiger partial charge in [-0.05, 0) is 38.5 Å². The summed E-state index contributed by atoms with van der Waals surface area (Å²) in [5.74, 6) is -2.77. The van der Waals surface area contributed by atoms with Crippen LogP contribution in [0.5, 0.6) is 0 Å². The van der Waals surface area contributed by atoms with Crippen molar-refractivity contribution < 1.29 is 24.2 Å². The van der Waals surface area contributed by atoms with Crippen LogP contribution in [0.4, 0.5) is 5.13 Å². The van der Waals surface area contributed by atoms with Crippen LogP contribution in [0.25, 0.3) is 0 Å². The SMILES string of the molecule is C=CCOC(=O)c1sc(N2C(=O)C(O)=C(C(=O)c3sc(C)nc3C)C2c2ccc(Cl)cc2Cl)nc1C. The summed E-state index contributed by atoms with van der Waals surface area (Å²) in [5.41, 5.74) is 0.988. The number of aromatic nitrogens is 2. The van der Waals surface area contributed by atoms with Crippen molar-refractivity contribution in [1.29, 1.82) is 0 Å². The number of aliphatic hydroxyl groups excluding tert-OH is 1. The number of thiazole rings is 2. The average molecular weight is 564 g/mol. The van der Waals surface area contributed by atoms with Gasteiger partial charge in [0.2, 0.25) is 5.78 Å². The topological polar surface area (TPSA) is 110 Å². The van der Waals surface area contributed by atoms with Gasteiger partial charge in [0.05, 0.1) is 32.9 Å². The Morgan fingerprint density at radius 1 is 1.17 bits per heavy atom. The minimum atomic E-state index is -1.13. The Morgan fingerprint density at radius 3 is 2.47 bits per heavy atom. The minimum Gasteiger partial charge on any atom is -0.503 e. The summed E-state index contributed by atoms with van der Waals surface area (Å²) in [6, 6.07) is 3.49. The maximum Gasteiger partial charge on any atom is 0.350 e. The van der Waals surface area contributed by atoms with E-state index in [-0.39, 0.29) is 27.2 Å². The van der Waals surface area contributed by atoms with Crippen LogP contribution in [-0.2, 0) is 9.53 Å². The third kappa shape index (κ3) is 4.57. The van der Waals surface area contributed by atoms with Gasteiger partial charge >= 0.3 is 5.97 Å². The Labute approximate surface area is 224 Å². The minimum absolute atomic E-state index is 0.00572. The number of anilines is 1. The molecule has 36 heavy (non-hydrogen) atoms. The molecule has 1 atom stereocenters. The Balaban J connectivity index is 1.88. The predicted octanol–water partition coefficient (Wildman–Crippen LogP) is 5.96. The lowest BCUT2D eigenvalue weighted by molar-refractivity contribution is -0.117. The van der Waals surface area contributed by atoms with E-state index in [0.29, 0.717) is 31.9 Å². The van der Waals surface area contributed by atoms with Crippen LogP contribution in [0, 0.1) is 20.8 Å². The second-order valence-electron chi connectivity index (χ2n) is 7.78. The number of hydrogen-bond acceptors (Lipinski definition) is 9. The molecule has 1 amide bonds. The van der Waals surface area contributed by atoms with Crippen LogP contribution in [-0.4, -0.2) is 39.3 Å². The fraction of sp³-hybridized carbons (Fsp3) is 0.208. The third-order valence-electron chi connectivity index (χ3n) is 5.33. The molecule has 1 aliphatic heterocycles. The molecule has 0 fully saturated rings. The van der Waals surface area contributed by atoms with Crippen LogP contribution in [0.1, 0.15) is 47.3 Å². The van der Waals surface area contributed by atoms with Crippen molar-refractivity contribution in [2.45, 2.75) is 26.8 Å². The lowest BCUT2D eigenvalue weighted by Crippen LogP contribution is -2.31. The molecule has 4 rings (SSSR count). The summed E-state index contributed by atoms with van der Waals surface area (Å²) < 4.78 is 5.11. The summed E-state index contributed by atoms with van der Waals surface area (Å²) >= 11 is 14.7. The van der Waals surface area contributed by atoms with Gasteiger partial charge < -0.3 is 9.84 Å². The molecule has 0 radical (unpaired) electrons. The third-order valence-corrected chi connectivity index (χ3v) is 8.10. The molecule has 0 saturated heterocycles. The molecule has 1 aliphatic rings. The zero-order valence-electron chi connectivity index (χ0n) is 19.3. The van der Waals surface area contributed by atoms with Gasteiger partial charge in [-0.3, -0.25) is 14.5 Å². The van der Waals surface area contributed by atoms with E-state index in [4.69, 9.17) is 27.9 Å². The van der Waals surface area contributed by atoms with Crippen molar-refractivity contribution >= 4 is 68.7 Å². The molecule has 8 nitrogen and oxygen atoms in total. The Kier molecular flexibility index (Phi) is 7.33. The highest BCUT2D eigenvalue weighted by molar-refractivity contribution is 7.17. The van der Waals surface area contributed by atoms with Crippen molar-refractivity contribution in [3.8, 4) is 0 Å². The number of esters is 1. The number of hydrogen-bond donors (Lipinski definition) is 1. The molecule has 3 aromatic rings. The number of aryl methyl sites for hydroxylation is 3. The van der Waals surface area contributed by atoms with Crippen LogP contribution >= 0.6 is 45.9 Å². The van der Waals surface area contributed by atoms with Gasteiger partial charge in [-0.15, -0.1) is 11.3 Å². The lowest BCUT2D eigenvalue weighted by atomic mass is 9.95. The molecular weight excluding hydrogens is 545 g/mol. The second kappa shape index (κ2) is 10.1. The van der Waals surface area contributed by atoms with Crippen LogP contribution < -0.4 is 4.90 Å². The number of carbonyl (C=O) groups excluding carboxylic acids is 3. The molecule has 12 heteroatoms. The zero-order valence-corrected chi connectivity index (χ0v) is 22.4. The molecule has 0 saturated carbocycles. The number of rotatable bonds is 7. The number of carbonyl (C=O) groups is 3. The van der Waals surface area contributed by atoms with E-state index in [2.05, 4.69) is 16.5 Å². The molecule has 3 heterocycles. The van der Waals surface area contributed by atoms with Crippen LogP contribution in [0.2, 0.25) is 10.0 Å². The second-order valence-corrected chi connectivity index (χ2v) is 10.8. The molecule has 1 unspecified atom stereocenters. The number of amides is 1. The van der Waals surface area contributed by atoms with Crippen molar-refractivity contribution in [2.75, 3.05) is 11.5 Å². The Hall–Kier alpha value is -3.05. The van der Waals surface area contributed by atoms with Gasteiger partial charge in [-0.25, -0.2) is 14.8 Å². The molecule has 186 valence electrons. The van der Waals surface area contributed by atoms with Crippen LogP contribution in [0.15, 0.2) is 42.2 Å². The van der Waals surface area contributed by atoms with Gasteiger partial charge in [0.1, 0.15) is 11.5 Å². The van der Waals surface area contributed by atoms with Gasteiger partial charge in [-0.2, -0.15) is 0 Å². The quantitative estimate of drug-likeness (QED) is 0.214. The molecule has 2 aromatic heterocycles. The highest BCUT2D eigenvalue weighted by Gasteiger charge is 2.47. The van der Waals surface area contributed by atoms with Gasteiger partial charge in [0.25, 0.3) is 5.91 Å². The first-order valence-electron chi connectivity index (χ1n) is 10.5. The number of Topliss-reactive ketones (excluding diaryl/α,β-unsaturated/α-hetero) is 1. The number of aliphatic hydroxyl groups is 1. The van der Waals surface area contributed by atoms with Crippen molar-refractivity contribution in [3.05, 3.63) is 83.9 Å². The number of ketones is 1. The summed E-state index contributed by atoms with van der Waals surface area (Å²) in [5, 5.41) is 12.2. The molecule has 0 bridgehead atoms. The van der Waals surface area contributed by atoms with Crippen molar-refractivity contribution in [2.24, 2.45) is 0 Å². The van der Waals surface area contributed by atoms with Gasteiger partial charge in [0, 0.05) is 10.0 Å². The fourth-order valence-corrected chi connectivity index (χ4v) is 6.16. The van der Waals surface area contributed by atoms with Crippen molar-refractivity contribution in [3.63, 3.8) is 0 Å². The highest BCUT2D eigenvalue weighted by Crippen LogP contribution is 2.46.